The Balaban J connectivity index is 1.48. The number of carbonyl (C=O) groups is 3. The van der Waals surface area contributed by atoms with Gasteiger partial charge in [0.1, 0.15) is 5.54 Å². The number of benzene rings is 1. The third-order valence-electron chi connectivity index (χ3n) is 7.46. The Bertz CT molecular complexity index is 946. The number of likely N-dealkylation sites (tertiary alicyclic amines) is 1. The van der Waals surface area contributed by atoms with Crippen LogP contribution in [-0.2, 0) is 24.7 Å². The molecule has 5 atom stereocenters. The van der Waals surface area contributed by atoms with Crippen molar-refractivity contribution in [3.8, 4) is 0 Å². The van der Waals surface area contributed by atoms with E-state index in [4.69, 9.17) is 4.74 Å². The van der Waals surface area contributed by atoms with Gasteiger partial charge in [-0.1, -0.05) is 15.9 Å². The van der Waals surface area contributed by atoms with Crippen LogP contribution in [0.3, 0.4) is 0 Å². The summed E-state index contributed by atoms with van der Waals surface area (Å²) in [5, 5.41) is 3.00. The highest BCUT2D eigenvalue weighted by Crippen LogP contribution is 2.60. The van der Waals surface area contributed by atoms with E-state index >= 15 is 0 Å². The van der Waals surface area contributed by atoms with Crippen LogP contribution in [0, 0.1) is 11.8 Å². The average molecular weight is 460 g/mol. The number of anilines is 1. The van der Waals surface area contributed by atoms with E-state index in [9.17, 15) is 14.4 Å². The van der Waals surface area contributed by atoms with Crippen molar-refractivity contribution in [2.45, 2.75) is 43.4 Å². The summed E-state index contributed by atoms with van der Waals surface area (Å²) >= 11 is 3.52. The number of rotatable bonds is 2. The van der Waals surface area contributed by atoms with Crippen LogP contribution >= 0.6 is 15.9 Å². The van der Waals surface area contributed by atoms with Crippen LogP contribution in [0.15, 0.2) is 22.7 Å². The van der Waals surface area contributed by atoms with Crippen LogP contribution in [0.1, 0.15) is 31.2 Å². The van der Waals surface area contributed by atoms with E-state index in [2.05, 4.69) is 26.1 Å². The van der Waals surface area contributed by atoms with Crippen molar-refractivity contribution in [3.05, 3.63) is 28.2 Å². The molecule has 7 nitrogen and oxygen atoms in total. The number of carbonyl (C=O) groups excluding carboxylic acids is 3. The number of imide groups is 1. The normalized spacial score (nSPS) is 38.1. The van der Waals surface area contributed by atoms with Gasteiger partial charge in [-0.05, 0) is 50.4 Å². The second kappa shape index (κ2) is 6.12. The molecular weight excluding hydrogens is 438 g/mol. The van der Waals surface area contributed by atoms with Gasteiger partial charge < -0.3 is 10.1 Å². The van der Waals surface area contributed by atoms with E-state index in [0.717, 1.165) is 48.0 Å². The molecule has 3 amide bonds. The largest absolute Gasteiger partial charge is 0.376 e. The SMILES string of the molecule is O=C1[C@@H]2[C@H]3CCCN3[C@]3(C(=O)Nc4ccc(Br)cc43)[C@@H]2C(=O)N1CC1CCCO1. The molecular formula is C21H22BrN3O4. The summed E-state index contributed by atoms with van der Waals surface area (Å²) in [4.78, 5) is 44.1. The molecule has 5 heterocycles. The molecule has 5 aliphatic heterocycles. The zero-order valence-electron chi connectivity index (χ0n) is 15.9. The van der Waals surface area contributed by atoms with Crippen molar-refractivity contribution in [1.82, 2.24) is 9.80 Å². The molecule has 0 saturated carbocycles. The maximum atomic E-state index is 13.6. The number of amides is 3. The van der Waals surface area contributed by atoms with Crippen LogP contribution in [-0.4, -0.2) is 59.4 Å². The Hall–Kier alpha value is -1.77. The predicted molar refractivity (Wildman–Crippen MR) is 107 cm³/mol. The summed E-state index contributed by atoms with van der Waals surface area (Å²) in [5.41, 5.74) is 0.460. The Kier molecular flexibility index (Phi) is 3.81. The maximum Gasteiger partial charge on any atom is 0.250 e. The molecule has 4 saturated heterocycles. The number of hydrogen-bond donors (Lipinski definition) is 1. The third kappa shape index (κ3) is 2.17. The lowest BCUT2D eigenvalue weighted by Gasteiger charge is -2.37. The van der Waals surface area contributed by atoms with E-state index < -0.39 is 17.4 Å². The van der Waals surface area contributed by atoms with E-state index in [-0.39, 0.29) is 29.9 Å². The second-order valence-corrected chi connectivity index (χ2v) is 9.65. The van der Waals surface area contributed by atoms with E-state index in [1.54, 1.807) is 0 Å². The van der Waals surface area contributed by atoms with Crippen molar-refractivity contribution in [2.75, 3.05) is 25.0 Å². The van der Waals surface area contributed by atoms with Crippen molar-refractivity contribution < 1.29 is 19.1 Å². The molecule has 0 aromatic heterocycles. The summed E-state index contributed by atoms with van der Waals surface area (Å²) in [6.07, 6.45) is 3.50. The van der Waals surface area contributed by atoms with Gasteiger partial charge in [0.25, 0.3) is 0 Å². The molecule has 6 rings (SSSR count). The van der Waals surface area contributed by atoms with Crippen molar-refractivity contribution in [2.24, 2.45) is 11.8 Å². The summed E-state index contributed by atoms with van der Waals surface area (Å²) in [6, 6.07) is 5.63. The first-order chi connectivity index (χ1) is 14.0. The fraction of sp³-hybridized carbons (Fsp3) is 0.571. The molecule has 1 unspecified atom stereocenters. The molecule has 0 aliphatic carbocycles. The van der Waals surface area contributed by atoms with Gasteiger partial charge in [0.15, 0.2) is 0 Å². The zero-order chi connectivity index (χ0) is 19.9. The fourth-order valence-electron chi connectivity index (χ4n) is 6.41. The van der Waals surface area contributed by atoms with Gasteiger partial charge in [-0.25, -0.2) is 0 Å². The number of nitrogens with one attached hydrogen (secondary N) is 1. The van der Waals surface area contributed by atoms with E-state index in [1.165, 1.54) is 4.90 Å². The summed E-state index contributed by atoms with van der Waals surface area (Å²) < 4.78 is 6.55. The van der Waals surface area contributed by atoms with Crippen LogP contribution in [0.25, 0.3) is 0 Å². The van der Waals surface area contributed by atoms with Gasteiger partial charge in [-0.3, -0.25) is 24.2 Å². The Morgan fingerprint density at radius 2 is 2.03 bits per heavy atom. The van der Waals surface area contributed by atoms with Gasteiger partial charge in [-0.2, -0.15) is 0 Å². The molecule has 1 aromatic carbocycles. The summed E-state index contributed by atoms with van der Waals surface area (Å²) in [7, 11) is 0. The molecule has 0 bridgehead atoms. The molecule has 0 radical (unpaired) electrons. The topological polar surface area (TPSA) is 79.0 Å². The van der Waals surface area contributed by atoms with Gasteiger partial charge in [-0.15, -0.1) is 0 Å². The first-order valence-corrected chi connectivity index (χ1v) is 11.2. The van der Waals surface area contributed by atoms with Crippen LogP contribution in [0.5, 0.6) is 0 Å². The lowest BCUT2D eigenvalue weighted by molar-refractivity contribution is -0.147. The van der Waals surface area contributed by atoms with Gasteiger partial charge in [0.2, 0.25) is 17.7 Å². The lowest BCUT2D eigenvalue weighted by Crippen LogP contribution is -2.54. The fourth-order valence-corrected chi connectivity index (χ4v) is 6.77. The minimum Gasteiger partial charge on any atom is -0.376 e. The Labute approximate surface area is 176 Å². The second-order valence-electron chi connectivity index (χ2n) is 8.74. The standard InChI is InChI=1S/C21H22BrN3O4/c22-11-5-6-14-13(9-11)21(20(28)23-14)17-16(15-4-1-7-25(15)21)18(26)24(19(17)27)10-12-3-2-8-29-12/h5-6,9,12,15-17H,1-4,7-8,10H2,(H,23,28)/t12?,15-,16-,17+,21+/m1/s1. The third-order valence-corrected chi connectivity index (χ3v) is 7.95. The highest BCUT2D eigenvalue weighted by atomic mass is 79.9. The van der Waals surface area contributed by atoms with Crippen molar-refractivity contribution >= 4 is 39.3 Å². The van der Waals surface area contributed by atoms with Gasteiger partial charge in [0, 0.05) is 28.4 Å². The first-order valence-electron chi connectivity index (χ1n) is 10.4. The van der Waals surface area contributed by atoms with Gasteiger partial charge in [0.05, 0.1) is 24.5 Å². The smallest absolute Gasteiger partial charge is 0.250 e. The molecule has 4 fully saturated rings. The highest BCUT2D eigenvalue weighted by molar-refractivity contribution is 9.10. The van der Waals surface area contributed by atoms with Crippen LogP contribution in [0.2, 0.25) is 0 Å². The number of ether oxygens (including phenoxy) is 1. The first kappa shape index (κ1) is 18.0. The minimum absolute atomic E-state index is 0.0679. The van der Waals surface area contributed by atoms with Crippen LogP contribution < -0.4 is 5.32 Å². The Morgan fingerprint density at radius 1 is 1.17 bits per heavy atom. The minimum atomic E-state index is -1.09. The monoisotopic (exact) mass is 459 g/mol. The van der Waals surface area contributed by atoms with E-state index in [0.29, 0.717) is 13.2 Å². The summed E-state index contributed by atoms with van der Waals surface area (Å²) in [5.74, 6) is -1.64. The average Bonchev–Trinajstić information content (AvgIpc) is 3.47. The number of fused-ring (bicyclic) bond motifs is 7. The van der Waals surface area contributed by atoms with Crippen molar-refractivity contribution in [1.29, 1.82) is 0 Å². The quantitative estimate of drug-likeness (QED) is 0.682. The van der Waals surface area contributed by atoms with Gasteiger partial charge >= 0.3 is 0 Å². The predicted octanol–water partition coefficient (Wildman–Crippen LogP) is 1.85. The molecule has 152 valence electrons. The molecule has 1 aromatic rings. The molecule has 1 N–H and O–H groups in total. The molecule has 5 aliphatic rings. The number of halogens is 1. The van der Waals surface area contributed by atoms with Crippen molar-refractivity contribution in [3.63, 3.8) is 0 Å². The van der Waals surface area contributed by atoms with E-state index in [1.807, 2.05) is 18.2 Å². The maximum absolute atomic E-state index is 13.6. The lowest BCUT2D eigenvalue weighted by atomic mass is 9.75. The highest BCUT2D eigenvalue weighted by Gasteiger charge is 2.74. The molecule has 1 spiro atoms. The number of nitrogens with zero attached hydrogens (tertiary/aromatic N) is 2. The molecule has 29 heavy (non-hydrogen) atoms. The van der Waals surface area contributed by atoms with Crippen LogP contribution in [0.4, 0.5) is 5.69 Å². The molecule has 8 heteroatoms. The Morgan fingerprint density at radius 3 is 2.83 bits per heavy atom. The summed E-state index contributed by atoms with van der Waals surface area (Å²) in [6.45, 7) is 1.71. The zero-order valence-corrected chi connectivity index (χ0v) is 17.5. The number of hydrogen-bond acceptors (Lipinski definition) is 5.